The number of hydrogen-bond acceptors (Lipinski definition) is 3. The van der Waals surface area contributed by atoms with Gasteiger partial charge in [0.25, 0.3) is 5.91 Å². The largest absolute Gasteiger partial charge is 0.330 e. The first kappa shape index (κ1) is 19.4. The molecule has 0 radical (unpaired) electrons. The Kier molecular flexibility index (Phi) is 4.73. The lowest BCUT2D eigenvalue weighted by Crippen LogP contribution is -2.55. The van der Waals surface area contributed by atoms with Crippen LogP contribution in [0.4, 0.5) is 10.5 Å². The maximum absolute atomic E-state index is 13.3. The third-order valence-corrected chi connectivity index (χ3v) is 6.18. The standard InChI is InChI=1S/C24H25N5O2/c1-16-21-17(2)28(23(30)22(21)29(26-16)20-11-7-4-8-12-20)15-18-13-27(14-18)24(31)25-19-9-5-3-6-10-19/h3-12,17-18H,13-15H2,1-2H3,(H,25,31). The Labute approximate surface area is 181 Å². The molecule has 3 amide bonds. The number of aryl methyl sites for hydroxylation is 1. The van der Waals surface area contributed by atoms with E-state index in [4.69, 9.17) is 0 Å². The minimum absolute atomic E-state index is 0.0131. The van der Waals surface area contributed by atoms with Crippen molar-refractivity contribution < 1.29 is 9.59 Å². The molecule has 1 atom stereocenters. The summed E-state index contributed by atoms with van der Waals surface area (Å²) >= 11 is 0. The number of urea groups is 1. The van der Waals surface area contributed by atoms with Crippen molar-refractivity contribution in [3.8, 4) is 5.69 Å². The average Bonchev–Trinajstić information content (AvgIpc) is 3.22. The first-order valence-corrected chi connectivity index (χ1v) is 10.6. The number of benzene rings is 2. The van der Waals surface area contributed by atoms with Crippen molar-refractivity contribution >= 4 is 17.6 Å². The SMILES string of the molecule is Cc1nn(-c2ccccc2)c2c1C(C)N(CC1CN(C(=O)Nc3ccccc3)C1)C2=O. The van der Waals surface area contributed by atoms with Crippen molar-refractivity contribution in [2.45, 2.75) is 19.9 Å². The molecular weight excluding hydrogens is 390 g/mol. The van der Waals surface area contributed by atoms with Gasteiger partial charge in [0.05, 0.1) is 17.4 Å². The predicted molar refractivity (Wildman–Crippen MR) is 118 cm³/mol. The van der Waals surface area contributed by atoms with Crippen molar-refractivity contribution in [2.75, 3.05) is 25.0 Å². The average molecular weight is 415 g/mol. The topological polar surface area (TPSA) is 70.5 Å². The fourth-order valence-corrected chi connectivity index (χ4v) is 4.56. The number of aromatic nitrogens is 2. The van der Waals surface area contributed by atoms with Crippen molar-refractivity contribution in [1.29, 1.82) is 0 Å². The monoisotopic (exact) mass is 415 g/mol. The third kappa shape index (κ3) is 3.36. The van der Waals surface area contributed by atoms with Crippen LogP contribution in [0.3, 0.4) is 0 Å². The van der Waals surface area contributed by atoms with Gasteiger partial charge in [-0.2, -0.15) is 5.10 Å². The van der Waals surface area contributed by atoms with E-state index in [0.29, 0.717) is 25.3 Å². The van der Waals surface area contributed by atoms with Gasteiger partial charge in [0.2, 0.25) is 0 Å². The van der Waals surface area contributed by atoms with Gasteiger partial charge in [-0.1, -0.05) is 36.4 Å². The molecule has 31 heavy (non-hydrogen) atoms. The number of rotatable bonds is 4. The molecule has 7 nitrogen and oxygen atoms in total. The molecule has 1 fully saturated rings. The van der Waals surface area contributed by atoms with Crippen molar-refractivity contribution in [3.05, 3.63) is 77.6 Å². The van der Waals surface area contributed by atoms with Crippen molar-refractivity contribution in [1.82, 2.24) is 19.6 Å². The van der Waals surface area contributed by atoms with Gasteiger partial charge in [-0.15, -0.1) is 0 Å². The Bertz CT molecular complexity index is 1120. The second kappa shape index (κ2) is 7.58. The summed E-state index contributed by atoms with van der Waals surface area (Å²) < 4.78 is 1.77. The zero-order valence-corrected chi connectivity index (χ0v) is 17.7. The van der Waals surface area contributed by atoms with Gasteiger partial charge < -0.3 is 15.1 Å². The molecule has 3 heterocycles. The van der Waals surface area contributed by atoms with Crippen LogP contribution in [0.15, 0.2) is 60.7 Å². The van der Waals surface area contributed by atoms with Gasteiger partial charge in [-0.05, 0) is 38.1 Å². The molecule has 7 heteroatoms. The smallest absolute Gasteiger partial charge is 0.321 e. The second-order valence-electron chi connectivity index (χ2n) is 8.30. The van der Waals surface area contributed by atoms with Gasteiger partial charge in [0.1, 0.15) is 5.69 Å². The number of amides is 3. The fraction of sp³-hybridized carbons (Fsp3) is 0.292. The molecule has 1 aromatic heterocycles. The number of nitrogens with one attached hydrogen (secondary N) is 1. The van der Waals surface area contributed by atoms with Crippen molar-refractivity contribution in [3.63, 3.8) is 0 Å². The molecule has 0 bridgehead atoms. The van der Waals surface area contributed by atoms with E-state index in [1.54, 1.807) is 9.58 Å². The van der Waals surface area contributed by atoms with Gasteiger partial charge in [-0.3, -0.25) is 4.79 Å². The molecule has 2 aliphatic heterocycles. The van der Waals surface area contributed by atoms with Crippen LogP contribution in [0.25, 0.3) is 5.69 Å². The number of para-hydroxylation sites is 2. The van der Waals surface area contributed by atoms with Crippen LogP contribution >= 0.6 is 0 Å². The number of carbonyl (C=O) groups excluding carboxylic acids is 2. The Balaban J connectivity index is 1.25. The fourth-order valence-electron chi connectivity index (χ4n) is 4.56. The first-order chi connectivity index (χ1) is 15.0. The van der Waals surface area contributed by atoms with Crippen LogP contribution in [0.5, 0.6) is 0 Å². The molecule has 0 saturated carbocycles. The Hall–Kier alpha value is -3.61. The van der Waals surface area contributed by atoms with E-state index in [-0.39, 0.29) is 23.9 Å². The third-order valence-electron chi connectivity index (χ3n) is 6.18. The number of carbonyl (C=O) groups is 2. The quantitative estimate of drug-likeness (QED) is 0.703. The van der Waals surface area contributed by atoms with Crippen LogP contribution in [0.1, 0.15) is 34.7 Å². The maximum atomic E-state index is 13.3. The van der Waals surface area contributed by atoms with Crippen molar-refractivity contribution in [2.24, 2.45) is 5.92 Å². The molecule has 2 aromatic carbocycles. The summed E-state index contributed by atoms with van der Waals surface area (Å²) in [4.78, 5) is 29.4. The highest BCUT2D eigenvalue weighted by atomic mass is 16.2. The first-order valence-electron chi connectivity index (χ1n) is 10.6. The number of anilines is 1. The van der Waals surface area contributed by atoms with E-state index in [1.165, 1.54) is 0 Å². The van der Waals surface area contributed by atoms with E-state index >= 15 is 0 Å². The summed E-state index contributed by atoms with van der Waals surface area (Å²) in [6.07, 6.45) is 0. The summed E-state index contributed by atoms with van der Waals surface area (Å²) in [6, 6.07) is 19.1. The lowest BCUT2D eigenvalue weighted by molar-refractivity contribution is 0.0568. The summed E-state index contributed by atoms with van der Waals surface area (Å²) in [7, 11) is 0. The van der Waals surface area contributed by atoms with E-state index in [2.05, 4.69) is 17.3 Å². The highest BCUT2D eigenvalue weighted by Crippen LogP contribution is 2.38. The normalized spacial score (nSPS) is 18.1. The summed E-state index contributed by atoms with van der Waals surface area (Å²) in [5, 5.41) is 7.55. The molecule has 1 unspecified atom stereocenters. The molecular formula is C24H25N5O2. The van der Waals surface area contributed by atoms with E-state index in [9.17, 15) is 9.59 Å². The van der Waals surface area contributed by atoms with Crippen LogP contribution in [0.2, 0.25) is 0 Å². The van der Waals surface area contributed by atoms with E-state index in [0.717, 1.165) is 22.6 Å². The second-order valence-corrected chi connectivity index (χ2v) is 8.30. The molecule has 0 aliphatic carbocycles. The highest BCUT2D eigenvalue weighted by Gasteiger charge is 2.42. The van der Waals surface area contributed by atoms with E-state index in [1.807, 2.05) is 72.5 Å². The van der Waals surface area contributed by atoms with Gasteiger partial charge >= 0.3 is 6.03 Å². The van der Waals surface area contributed by atoms with Crippen LogP contribution in [-0.4, -0.2) is 51.2 Å². The minimum Gasteiger partial charge on any atom is -0.330 e. The highest BCUT2D eigenvalue weighted by molar-refractivity contribution is 5.98. The summed E-state index contributed by atoms with van der Waals surface area (Å²) in [5.74, 6) is 0.287. The minimum atomic E-state index is -0.0953. The summed E-state index contributed by atoms with van der Waals surface area (Å²) in [6.45, 7) is 5.96. The molecule has 2 aliphatic rings. The van der Waals surface area contributed by atoms with Crippen LogP contribution in [0, 0.1) is 12.8 Å². The lowest BCUT2D eigenvalue weighted by atomic mass is 9.99. The van der Waals surface area contributed by atoms with E-state index < -0.39 is 0 Å². The number of hydrogen-bond donors (Lipinski definition) is 1. The molecule has 3 aromatic rings. The van der Waals surface area contributed by atoms with Crippen LogP contribution < -0.4 is 5.32 Å². The number of likely N-dealkylation sites (tertiary alicyclic amines) is 1. The molecule has 0 spiro atoms. The predicted octanol–water partition coefficient (Wildman–Crippen LogP) is 3.86. The Morgan fingerprint density at radius 2 is 1.71 bits per heavy atom. The van der Waals surface area contributed by atoms with Gasteiger partial charge in [-0.25, -0.2) is 9.48 Å². The Morgan fingerprint density at radius 3 is 2.39 bits per heavy atom. The van der Waals surface area contributed by atoms with Gasteiger partial charge in [0.15, 0.2) is 0 Å². The van der Waals surface area contributed by atoms with Crippen LogP contribution in [-0.2, 0) is 0 Å². The zero-order chi connectivity index (χ0) is 21.5. The zero-order valence-electron chi connectivity index (χ0n) is 17.7. The molecule has 5 rings (SSSR count). The molecule has 1 N–H and O–H groups in total. The Morgan fingerprint density at radius 1 is 1.06 bits per heavy atom. The number of nitrogens with zero attached hydrogens (tertiary/aromatic N) is 4. The maximum Gasteiger partial charge on any atom is 0.321 e. The van der Waals surface area contributed by atoms with Gasteiger partial charge in [0, 0.05) is 36.8 Å². The molecule has 158 valence electrons. The summed E-state index contributed by atoms with van der Waals surface area (Å²) in [5.41, 5.74) is 4.23. The number of fused-ring (bicyclic) bond motifs is 1. The lowest BCUT2D eigenvalue weighted by Gasteiger charge is -2.41. The molecule has 1 saturated heterocycles.